The summed E-state index contributed by atoms with van der Waals surface area (Å²) in [6, 6.07) is 0.412. The Labute approximate surface area is 68.5 Å². The first-order valence-electron chi connectivity index (χ1n) is 4.26. The predicted octanol–water partition coefficient (Wildman–Crippen LogP) is 0.402. The lowest BCUT2D eigenvalue weighted by Crippen LogP contribution is -2.44. The maximum Gasteiger partial charge on any atom is 0.107 e. The zero-order valence-electron chi connectivity index (χ0n) is 7.42. The number of rotatable bonds is 2. The van der Waals surface area contributed by atoms with Gasteiger partial charge in [-0.25, -0.2) is 0 Å². The summed E-state index contributed by atoms with van der Waals surface area (Å²) in [7, 11) is 1.75. The van der Waals surface area contributed by atoms with Crippen LogP contribution in [0.5, 0.6) is 0 Å². The molecule has 3 heteroatoms. The third-order valence-corrected chi connectivity index (χ3v) is 2.43. The van der Waals surface area contributed by atoms with Crippen molar-refractivity contribution in [1.29, 1.82) is 0 Å². The zero-order chi connectivity index (χ0) is 8.27. The standard InChI is InChI=1S/C8H18N2O/c1-7(11-2)10-5-3-8(9)4-6-10/h7-8H,3-6,9H2,1-2H3. The highest BCUT2D eigenvalue weighted by molar-refractivity contribution is 4.74. The highest BCUT2D eigenvalue weighted by Crippen LogP contribution is 2.11. The van der Waals surface area contributed by atoms with Crippen molar-refractivity contribution in [2.45, 2.75) is 32.0 Å². The van der Waals surface area contributed by atoms with Crippen molar-refractivity contribution in [1.82, 2.24) is 4.90 Å². The smallest absolute Gasteiger partial charge is 0.107 e. The number of piperidine rings is 1. The molecule has 1 rings (SSSR count). The molecule has 11 heavy (non-hydrogen) atoms. The molecule has 1 aliphatic heterocycles. The van der Waals surface area contributed by atoms with E-state index in [4.69, 9.17) is 10.5 Å². The number of likely N-dealkylation sites (tertiary alicyclic amines) is 1. The van der Waals surface area contributed by atoms with Crippen LogP contribution in [0, 0.1) is 0 Å². The molecule has 1 unspecified atom stereocenters. The second-order valence-electron chi connectivity index (χ2n) is 3.21. The van der Waals surface area contributed by atoms with Gasteiger partial charge in [-0.1, -0.05) is 0 Å². The predicted molar refractivity (Wildman–Crippen MR) is 45.3 cm³/mol. The zero-order valence-corrected chi connectivity index (χ0v) is 7.42. The van der Waals surface area contributed by atoms with Gasteiger partial charge in [-0.2, -0.15) is 0 Å². The van der Waals surface area contributed by atoms with Crippen molar-refractivity contribution < 1.29 is 4.74 Å². The molecule has 1 saturated heterocycles. The molecule has 1 heterocycles. The molecular formula is C8H18N2O. The summed E-state index contributed by atoms with van der Waals surface area (Å²) < 4.78 is 5.21. The van der Waals surface area contributed by atoms with Crippen molar-refractivity contribution in [2.24, 2.45) is 5.73 Å². The average molecular weight is 158 g/mol. The van der Waals surface area contributed by atoms with Gasteiger partial charge in [0.25, 0.3) is 0 Å². The fourth-order valence-electron chi connectivity index (χ4n) is 1.43. The number of hydrogen-bond acceptors (Lipinski definition) is 3. The lowest BCUT2D eigenvalue weighted by atomic mass is 10.1. The monoisotopic (exact) mass is 158 g/mol. The summed E-state index contributed by atoms with van der Waals surface area (Å²) in [5.41, 5.74) is 5.77. The van der Waals surface area contributed by atoms with Gasteiger partial charge in [-0.15, -0.1) is 0 Å². The van der Waals surface area contributed by atoms with Crippen molar-refractivity contribution in [2.75, 3.05) is 20.2 Å². The molecule has 0 spiro atoms. The van der Waals surface area contributed by atoms with E-state index in [2.05, 4.69) is 11.8 Å². The number of ether oxygens (including phenoxy) is 1. The molecule has 0 aromatic rings. The molecule has 0 aromatic carbocycles. The molecule has 0 bridgehead atoms. The lowest BCUT2D eigenvalue weighted by molar-refractivity contribution is -0.0301. The Morgan fingerprint density at radius 3 is 2.45 bits per heavy atom. The maximum atomic E-state index is 5.77. The second kappa shape index (κ2) is 4.04. The summed E-state index contributed by atoms with van der Waals surface area (Å²) in [6.07, 6.45) is 2.46. The van der Waals surface area contributed by atoms with E-state index in [-0.39, 0.29) is 6.23 Å². The van der Waals surface area contributed by atoms with E-state index in [0.717, 1.165) is 25.9 Å². The molecule has 0 amide bonds. The highest BCUT2D eigenvalue weighted by atomic mass is 16.5. The van der Waals surface area contributed by atoms with Crippen LogP contribution in [0.15, 0.2) is 0 Å². The first-order valence-corrected chi connectivity index (χ1v) is 4.26. The minimum atomic E-state index is 0.252. The minimum absolute atomic E-state index is 0.252. The minimum Gasteiger partial charge on any atom is -0.367 e. The van der Waals surface area contributed by atoms with Crippen LogP contribution >= 0.6 is 0 Å². The number of methoxy groups -OCH3 is 1. The van der Waals surface area contributed by atoms with Gasteiger partial charge in [-0.05, 0) is 19.8 Å². The van der Waals surface area contributed by atoms with E-state index in [1.165, 1.54) is 0 Å². The molecule has 0 aliphatic carbocycles. The molecule has 1 atom stereocenters. The average Bonchev–Trinajstić information content (AvgIpc) is 2.05. The van der Waals surface area contributed by atoms with Crippen LogP contribution in [0.25, 0.3) is 0 Å². The molecule has 0 saturated carbocycles. The summed E-state index contributed by atoms with van der Waals surface area (Å²) in [5.74, 6) is 0. The van der Waals surface area contributed by atoms with Crippen molar-refractivity contribution >= 4 is 0 Å². The second-order valence-corrected chi connectivity index (χ2v) is 3.21. The summed E-state index contributed by atoms with van der Waals surface area (Å²) >= 11 is 0. The maximum absolute atomic E-state index is 5.77. The van der Waals surface area contributed by atoms with Gasteiger partial charge < -0.3 is 10.5 Å². The molecule has 1 fully saturated rings. The van der Waals surface area contributed by atoms with E-state index < -0.39 is 0 Å². The van der Waals surface area contributed by atoms with Crippen molar-refractivity contribution in [3.8, 4) is 0 Å². The van der Waals surface area contributed by atoms with Crippen LogP contribution < -0.4 is 5.73 Å². The fourth-order valence-corrected chi connectivity index (χ4v) is 1.43. The molecule has 2 N–H and O–H groups in total. The first-order chi connectivity index (χ1) is 5.24. The lowest BCUT2D eigenvalue weighted by Gasteiger charge is -2.33. The van der Waals surface area contributed by atoms with E-state index in [0.29, 0.717) is 6.04 Å². The van der Waals surface area contributed by atoms with E-state index >= 15 is 0 Å². The molecule has 0 aromatic heterocycles. The van der Waals surface area contributed by atoms with Crippen molar-refractivity contribution in [3.63, 3.8) is 0 Å². The van der Waals surface area contributed by atoms with Gasteiger partial charge in [0.15, 0.2) is 0 Å². The Hall–Kier alpha value is -0.120. The van der Waals surface area contributed by atoms with Gasteiger partial charge in [0.05, 0.1) is 0 Å². The van der Waals surface area contributed by atoms with E-state index in [9.17, 15) is 0 Å². The third kappa shape index (κ3) is 2.43. The van der Waals surface area contributed by atoms with Crippen LogP contribution in [0.4, 0.5) is 0 Å². The summed E-state index contributed by atoms with van der Waals surface area (Å²) in [6.45, 7) is 4.24. The molecule has 66 valence electrons. The topological polar surface area (TPSA) is 38.5 Å². The van der Waals surface area contributed by atoms with Gasteiger partial charge in [0, 0.05) is 26.2 Å². The van der Waals surface area contributed by atoms with Crippen LogP contribution in [-0.2, 0) is 4.74 Å². The Morgan fingerprint density at radius 1 is 1.45 bits per heavy atom. The van der Waals surface area contributed by atoms with E-state index in [1.54, 1.807) is 7.11 Å². The molecule has 1 aliphatic rings. The molecular weight excluding hydrogens is 140 g/mol. The summed E-state index contributed by atoms with van der Waals surface area (Å²) in [5, 5.41) is 0. The van der Waals surface area contributed by atoms with Crippen LogP contribution in [0.1, 0.15) is 19.8 Å². The molecule has 0 radical (unpaired) electrons. The highest BCUT2D eigenvalue weighted by Gasteiger charge is 2.19. The van der Waals surface area contributed by atoms with Gasteiger partial charge in [-0.3, -0.25) is 4.90 Å². The van der Waals surface area contributed by atoms with Crippen LogP contribution in [-0.4, -0.2) is 37.4 Å². The number of nitrogens with two attached hydrogens (primary N) is 1. The normalized spacial score (nSPS) is 25.4. The van der Waals surface area contributed by atoms with Gasteiger partial charge >= 0.3 is 0 Å². The third-order valence-electron chi connectivity index (χ3n) is 2.43. The van der Waals surface area contributed by atoms with Crippen LogP contribution in [0.2, 0.25) is 0 Å². The number of nitrogens with zero attached hydrogens (tertiary/aromatic N) is 1. The number of hydrogen-bond donors (Lipinski definition) is 1. The molecule has 3 nitrogen and oxygen atoms in total. The van der Waals surface area contributed by atoms with Crippen LogP contribution in [0.3, 0.4) is 0 Å². The Balaban J connectivity index is 2.27. The van der Waals surface area contributed by atoms with Crippen molar-refractivity contribution in [3.05, 3.63) is 0 Å². The summed E-state index contributed by atoms with van der Waals surface area (Å²) in [4.78, 5) is 2.32. The Bertz CT molecular complexity index is 111. The fraction of sp³-hybridized carbons (Fsp3) is 1.00. The quantitative estimate of drug-likeness (QED) is 0.632. The SMILES string of the molecule is COC(C)N1CCC(N)CC1. The first kappa shape index (κ1) is 8.97. The Kier molecular flexibility index (Phi) is 3.30. The van der Waals surface area contributed by atoms with E-state index in [1.807, 2.05) is 0 Å². The van der Waals surface area contributed by atoms with Gasteiger partial charge in [0.2, 0.25) is 0 Å². The van der Waals surface area contributed by atoms with Gasteiger partial charge in [0.1, 0.15) is 6.23 Å². The largest absolute Gasteiger partial charge is 0.367 e. The Morgan fingerprint density at radius 2 is 2.00 bits per heavy atom.